The fraction of sp³-hybridized carbons (Fsp3) is 0.500. The summed E-state index contributed by atoms with van der Waals surface area (Å²) in [6.07, 6.45) is 0.962. The lowest BCUT2D eigenvalue weighted by atomic mass is 10.1. The Bertz CT molecular complexity index is 342. The van der Waals surface area contributed by atoms with E-state index in [9.17, 15) is 0 Å². The minimum atomic E-state index is 0.679. The molecule has 0 aliphatic heterocycles. The molecule has 0 saturated carbocycles. The second-order valence-corrected chi connectivity index (χ2v) is 4.45. The Balaban J connectivity index is 2.69. The van der Waals surface area contributed by atoms with Gasteiger partial charge in [0.1, 0.15) is 5.75 Å². The molecular formula is C12H17Cl2NO. The SMILES string of the molecule is COc1c(C)cc(Cl)cc1CNCCCCl. The van der Waals surface area contributed by atoms with Crippen LogP contribution in [-0.2, 0) is 6.54 Å². The molecule has 0 radical (unpaired) electrons. The molecule has 1 aromatic rings. The second-order valence-electron chi connectivity index (χ2n) is 3.63. The van der Waals surface area contributed by atoms with Gasteiger partial charge in [0.05, 0.1) is 7.11 Å². The Morgan fingerprint density at radius 1 is 1.38 bits per heavy atom. The number of benzene rings is 1. The standard InChI is InChI=1S/C12H17Cl2NO/c1-9-6-11(14)7-10(12(9)16-2)8-15-5-3-4-13/h6-7,15H,3-5,8H2,1-2H3. The average molecular weight is 262 g/mol. The highest BCUT2D eigenvalue weighted by Crippen LogP contribution is 2.27. The molecule has 0 aromatic heterocycles. The highest BCUT2D eigenvalue weighted by atomic mass is 35.5. The van der Waals surface area contributed by atoms with E-state index in [1.807, 2.05) is 19.1 Å². The average Bonchev–Trinajstić information content (AvgIpc) is 2.24. The van der Waals surface area contributed by atoms with Crippen molar-refractivity contribution < 1.29 is 4.74 Å². The fourth-order valence-corrected chi connectivity index (χ4v) is 2.07. The van der Waals surface area contributed by atoms with Gasteiger partial charge in [-0.1, -0.05) is 11.6 Å². The number of aryl methyl sites for hydroxylation is 1. The van der Waals surface area contributed by atoms with E-state index in [-0.39, 0.29) is 0 Å². The third-order valence-corrected chi connectivity index (χ3v) is 2.81. The van der Waals surface area contributed by atoms with E-state index in [0.717, 1.165) is 41.4 Å². The van der Waals surface area contributed by atoms with Gasteiger partial charge in [0.25, 0.3) is 0 Å². The van der Waals surface area contributed by atoms with Crippen LogP contribution in [0.25, 0.3) is 0 Å². The van der Waals surface area contributed by atoms with Crippen molar-refractivity contribution in [2.45, 2.75) is 19.9 Å². The van der Waals surface area contributed by atoms with Gasteiger partial charge >= 0.3 is 0 Å². The third-order valence-electron chi connectivity index (χ3n) is 2.32. The van der Waals surface area contributed by atoms with Gasteiger partial charge in [-0.25, -0.2) is 0 Å². The molecule has 0 aliphatic rings. The van der Waals surface area contributed by atoms with Crippen molar-refractivity contribution in [3.63, 3.8) is 0 Å². The highest BCUT2D eigenvalue weighted by Gasteiger charge is 2.07. The number of nitrogens with one attached hydrogen (secondary N) is 1. The van der Waals surface area contributed by atoms with Gasteiger partial charge in [-0.3, -0.25) is 0 Å². The first-order chi connectivity index (χ1) is 7.69. The predicted octanol–water partition coefficient (Wildman–Crippen LogP) is 3.38. The normalized spacial score (nSPS) is 10.5. The molecule has 0 atom stereocenters. The lowest BCUT2D eigenvalue weighted by Crippen LogP contribution is -2.15. The molecular weight excluding hydrogens is 245 g/mol. The Morgan fingerprint density at radius 3 is 2.75 bits per heavy atom. The quantitative estimate of drug-likeness (QED) is 0.627. The number of halogens is 2. The van der Waals surface area contributed by atoms with Gasteiger partial charge in [0.2, 0.25) is 0 Å². The number of alkyl halides is 1. The molecule has 0 spiro atoms. The number of hydrogen-bond acceptors (Lipinski definition) is 2. The largest absolute Gasteiger partial charge is 0.496 e. The smallest absolute Gasteiger partial charge is 0.126 e. The van der Waals surface area contributed by atoms with Gasteiger partial charge in [0.15, 0.2) is 0 Å². The van der Waals surface area contributed by atoms with Gasteiger partial charge in [-0.05, 0) is 37.6 Å². The second kappa shape index (κ2) is 7.00. The summed E-state index contributed by atoms with van der Waals surface area (Å²) in [5.74, 6) is 1.58. The van der Waals surface area contributed by atoms with Gasteiger partial charge in [0, 0.05) is 23.0 Å². The van der Waals surface area contributed by atoms with Crippen LogP contribution in [0.1, 0.15) is 17.5 Å². The topological polar surface area (TPSA) is 21.3 Å². The highest BCUT2D eigenvalue weighted by molar-refractivity contribution is 6.30. The van der Waals surface area contributed by atoms with Crippen LogP contribution in [0, 0.1) is 6.92 Å². The molecule has 1 N–H and O–H groups in total. The van der Waals surface area contributed by atoms with Crippen LogP contribution >= 0.6 is 23.2 Å². The first-order valence-electron chi connectivity index (χ1n) is 5.28. The maximum Gasteiger partial charge on any atom is 0.126 e. The first kappa shape index (κ1) is 13.6. The molecule has 90 valence electrons. The lowest BCUT2D eigenvalue weighted by Gasteiger charge is -2.12. The molecule has 16 heavy (non-hydrogen) atoms. The Kier molecular flexibility index (Phi) is 5.96. The monoisotopic (exact) mass is 261 g/mol. The molecule has 0 saturated heterocycles. The summed E-state index contributed by atoms with van der Waals surface area (Å²) in [5.41, 5.74) is 2.14. The molecule has 0 unspecified atom stereocenters. The fourth-order valence-electron chi connectivity index (χ4n) is 1.64. The predicted molar refractivity (Wildman–Crippen MR) is 69.8 cm³/mol. The summed E-state index contributed by atoms with van der Waals surface area (Å²) >= 11 is 11.6. The Hall–Kier alpha value is -0.440. The summed E-state index contributed by atoms with van der Waals surface area (Å²) in [7, 11) is 1.68. The molecule has 1 rings (SSSR count). The number of ether oxygens (including phenoxy) is 1. The zero-order valence-corrected chi connectivity index (χ0v) is 11.2. The first-order valence-corrected chi connectivity index (χ1v) is 6.20. The van der Waals surface area contributed by atoms with Crippen molar-refractivity contribution in [1.29, 1.82) is 0 Å². The van der Waals surface area contributed by atoms with E-state index in [4.69, 9.17) is 27.9 Å². The molecule has 0 bridgehead atoms. The van der Waals surface area contributed by atoms with Crippen LogP contribution in [0.15, 0.2) is 12.1 Å². The van der Waals surface area contributed by atoms with E-state index >= 15 is 0 Å². The summed E-state index contributed by atoms with van der Waals surface area (Å²) < 4.78 is 5.36. The van der Waals surface area contributed by atoms with Crippen LogP contribution in [0.2, 0.25) is 5.02 Å². The van der Waals surface area contributed by atoms with Crippen molar-refractivity contribution in [1.82, 2.24) is 5.32 Å². The van der Waals surface area contributed by atoms with E-state index in [1.165, 1.54) is 0 Å². The summed E-state index contributed by atoms with van der Waals surface area (Å²) in [5, 5.41) is 4.05. The van der Waals surface area contributed by atoms with Crippen molar-refractivity contribution in [2.75, 3.05) is 19.5 Å². The minimum absolute atomic E-state index is 0.679. The maximum absolute atomic E-state index is 6.01. The minimum Gasteiger partial charge on any atom is -0.496 e. The Morgan fingerprint density at radius 2 is 2.12 bits per heavy atom. The summed E-state index contributed by atoms with van der Waals surface area (Å²) in [4.78, 5) is 0. The summed E-state index contributed by atoms with van der Waals surface area (Å²) in [6, 6.07) is 3.84. The third kappa shape index (κ3) is 3.85. The van der Waals surface area contributed by atoms with E-state index in [1.54, 1.807) is 7.11 Å². The van der Waals surface area contributed by atoms with Crippen LogP contribution < -0.4 is 10.1 Å². The number of methoxy groups -OCH3 is 1. The number of rotatable bonds is 6. The van der Waals surface area contributed by atoms with Gasteiger partial charge < -0.3 is 10.1 Å². The van der Waals surface area contributed by atoms with Crippen LogP contribution in [0.3, 0.4) is 0 Å². The molecule has 0 fully saturated rings. The lowest BCUT2D eigenvalue weighted by molar-refractivity contribution is 0.404. The van der Waals surface area contributed by atoms with Crippen molar-refractivity contribution in [3.8, 4) is 5.75 Å². The van der Waals surface area contributed by atoms with Crippen LogP contribution in [-0.4, -0.2) is 19.5 Å². The zero-order valence-electron chi connectivity index (χ0n) is 9.65. The molecule has 0 amide bonds. The number of hydrogen-bond donors (Lipinski definition) is 1. The molecule has 0 aliphatic carbocycles. The van der Waals surface area contributed by atoms with Crippen molar-refractivity contribution in [2.24, 2.45) is 0 Å². The maximum atomic E-state index is 6.01. The molecule has 4 heteroatoms. The van der Waals surface area contributed by atoms with E-state index < -0.39 is 0 Å². The molecule has 1 aromatic carbocycles. The van der Waals surface area contributed by atoms with Crippen LogP contribution in [0.5, 0.6) is 5.75 Å². The molecule has 2 nitrogen and oxygen atoms in total. The summed E-state index contributed by atoms with van der Waals surface area (Å²) in [6.45, 7) is 3.65. The van der Waals surface area contributed by atoms with Crippen LogP contribution in [0.4, 0.5) is 0 Å². The Labute approximate surface area is 107 Å². The van der Waals surface area contributed by atoms with Crippen molar-refractivity contribution >= 4 is 23.2 Å². The van der Waals surface area contributed by atoms with E-state index in [0.29, 0.717) is 5.88 Å². The van der Waals surface area contributed by atoms with Crippen molar-refractivity contribution in [3.05, 3.63) is 28.3 Å². The van der Waals surface area contributed by atoms with E-state index in [2.05, 4.69) is 5.32 Å². The van der Waals surface area contributed by atoms with Gasteiger partial charge in [-0.2, -0.15) is 0 Å². The molecule has 0 heterocycles. The zero-order chi connectivity index (χ0) is 12.0. The van der Waals surface area contributed by atoms with Gasteiger partial charge in [-0.15, -0.1) is 11.6 Å².